The van der Waals surface area contributed by atoms with Crippen molar-refractivity contribution in [3.05, 3.63) is 44.9 Å². The molecule has 1 atom stereocenters. The van der Waals surface area contributed by atoms with Crippen LogP contribution in [0.2, 0.25) is 5.15 Å². The molecule has 2 rings (SSSR count). The number of nitrogens with zero attached hydrogens (tertiary/aromatic N) is 1. The van der Waals surface area contributed by atoms with E-state index in [1.807, 2.05) is 30.4 Å². The number of thiophene rings is 1. The third-order valence-corrected chi connectivity index (χ3v) is 4.50. The smallest absolute Gasteiger partial charge is 0.129 e. The van der Waals surface area contributed by atoms with Crippen LogP contribution in [0.25, 0.3) is 0 Å². The summed E-state index contributed by atoms with van der Waals surface area (Å²) >= 11 is 7.72. The molecule has 2 nitrogen and oxygen atoms in total. The zero-order valence-corrected chi connectivity index (χ0v) is 12.4. The average Bonchev–Trinajstić information content (AvgIpc) is 2.81. The monoisotopic (exact) mass is 280 g/mol. The van der Waals surface area contributed by atoms with E-state index in [9.17, 15) is 0 Å². The molecule has 0 fully saturated rings. The normalized spacial score (nSPS) is 12.4. The summed E-state index contributed by atoms with van der Waals surface area (Å²) in [5, 5.41) is 4.02. The van der Waals surface area contributed by atoms with Gasteiger partial charge >= 0.3 is 0 Å². The van der Waals surface area contributed by atoms with E-state index in [-0.39, 0.29) is 6.04 Å². The lowest BCUT2D eigenvalue weighted by Gasteiger charge is -2.15. The van der Waals surface area contributed by atoms with Gasteiger partial charge in [-0.25, -0.2) is 4.98 Å². The highest BCUT2D eigenvalue weighted by molar-refractivity contribution is 7.12. The topological polar surface area (TPSA) is 24.9 Å². The molecule has 0 saturated carbocycles. The largest absolute Gasteiger partial charge is 0.376 e. The first kappa shape index (κ1) is 13.4. The van der Waals surface area contributed by atoms with Gasteiger partial charge in [0.15, 0.2) is 0 Å². The first-order chi connectivity index (χ1) is 8.60. The van der Waals surface area contributed by atoms with E-state index < -0.39 is 0 Å². The second kappa shape index (κ2) is 5.72. The molecule has 0 radical (unpaired) electrons. The lowest BCUT2D eigenvalue weighted by molar-refractivity contribution is 0.901. The Morgan fingerprint density at radius 3 is 2.72 bits per heavy atom. The summed E-state index contributed by atoms with van der Waals surface area (Å²) in [6.07, 6.45) is 1.10. The van der Waals surface area contributed by atoms with E-state index in [2.05, 4.69) is 36.3 Å². The van der Waals surface area contributed by atoms with Crippen LogP contribution < -0.4 is 5.32 Å². The summed E-state index contributed by atoms with van der Waals surface area (Å²) in [6, 6.07) is 8.48. The SMILES string of the molecule is CCc1ccc(C(C)Nc2ccc(Cl)nc2C)s1. The Labute approximate surface area is 117 Å². The molecular weight excluding hydrogens is 264 g/mol. The van der Waals surface area contributed by atoms with Gasteiger partial charge in [-0.3, -0.25) is 0 Å². The Morgan fingerprint density at radius 2 is 2.11 bits per heavy atom. The van der Waals surface area contributed by atoms with Gasteiger partial charge in [-0.05, 0) is 44.5 Å². The van der Waals surface area contributed by atoms with Gasteiger partial charge in [0.2, 0.25) is 0 Å². The molecular formula is C14H17ClN2S. The predicted octanol–water partition coefficient (Wildman–Crippen LogP) is 4.84. The molecule has 0 saturated heterocycles. The van der Waals surface area contributed by atoms with Crippen molar-refractivity contribution in [2.45, 2.75) is 33.2 Å². The van der Waals surface area contributed by atoms with Gasteiger partial charge in [-0.1, -0.05) is 18.5 Å². The molecule has 0 amide bonds. The summed E-state index contributed by atoms with van der Waals surface area (Å²) in [6.45, 7) is 6.31. The van der Waals surface area contributed by atoms with Gasteiger partial charge in [-0.15, -0.1) is 11.3 Å². The lowest BCUT2D eigenvalue weighted by atomic mass is 10.2. The third kappa shape index (κ3) is 3.03. The van der Waals surface area contributed by atoms with Crippen molar-refractivity contribution in [3.63, 3.8) is 0 Å². The molecule has 18 heavy (non-hydrogen) atoms. The number of nitrogens with one attached hydrogen (secondary N) is 1. The number of rotatable bonds is 4. The number of pyridine rings is 1. The van der Waals surface area contributed by atoms with Gasteiger partial charge in [0.05, 0.1) is 17.4 Å². The van der Waals surface area contributed by atoms with Crippen molar-refractivity contribution in [1.29, 1.82) is 0 Å². The van der Waals surface area contributed by atoms with Crippen LogP contribution in [0.4, 0.5) is 5.69 Å². The Morgan fingerprint density at radius 1 is 1.33 bits per heavy atom. The number of anilines is 1. The fraction of sp³-hybridized carbons (Fsp3) is 0.357. The average molecular weight is 281 g/mol. The highest BCUT2D eigenvalue weighted by Gasteiger charge is 2.10. The third-order valence-electron chi connectivity index (χ3n) is 2.88. The second-order valence-electron chi connectivity index (χ2n) is 4.29. The number of hydrogen-bond donors (Lipinski definition) is 1. The second-order valence-corrected chi connectivity index (χ2v) is 5.88. The van der Waals surface area contributed by atoms with E-state index in [1.165, 1.54) is 9.75 Å². The quantitative estimate of drug-likeness (QED) is 0.811. The summed E-state index contributed by atoms with van der Waals surface area (Å²) in [7, 11) is 0. The zero-order valence-electron chi connectivity index (χ0n) is 10.8. The predicted molar refractivity (Wildman–Crippen MR) is 79.7 cm³/mol. The molecule has 96 valence electrons. The van der Waals surface area contributed by atoms with E-state index in [0.29, 0.717) is 5.15 Å². The molecule has 0 aliphatic rings. The van der Waals surface area contributed by atoms with Crippen LogP contribution in [-0.2, 0) is 6.42 Å². The summed E-state index contributed by atoms with van der Waals surface area (Å²) in [4.78, 5) is 7.02. The molecule has 0 bridgehead atoms. The molecule has 0 aromatic carbocycles. The van der Waals surface area contributed by atoms with Crippen molar-refractivity contribution >= 4 is 28.6 Å². The number of aromatic nitrogens is 1. The van der Waals surface area contributed by atoms with Crippen LogP contribution in [0, 0.1) is 6.92 Å². The van der Waals surface area contributed by atoms with Crippen LogP contribution in [0.1, 0.15) is 35.3 Å². The molecule has 1 unspecified atom stereocenters. The maximum absolute atomic E-state index is 5.86. The standard InChI is InChI=1S/C14H17ClN2S/c1-4-11-5-7-13(18-11)10(3)16-12-6-8-14(15)17-9(12)2/h5-8,10,16H,4H2,1-3H3. The maximum atomic E-state index is 5.86. The van der Waals surface area contributed by atoms with E-state index in [1.54, 1.807) is 0 Å². The van der Waals surface area contributed by atoms with Crippen LogP contribution in [0.15, 0.2) is 24.3 Å². The Kier molecular flexibility index (Phi) is 4.25. The zero-order chi connectivity index (χ0) is 13.1. The van der Waals surface area contributed by atoms with Crippen molar-refractivity contribution in [2.75, 3.05) is 5.32 Å². The highest BCUT2D eigenvalue weighted by atomic mass is 35.5. The molecule has 0 aliphatic heterocycles. The Bertz CT molecular complexity index is 536. The van der Waals surface area contributed by atoms with Gasteiger partial charge in [0.1, 0.15) is 5.15 Å². The molecule has 1 N–H and O–H groups in total. The van der Waals surface area contributed by atoms with Gasteiger partial charge in [0.25, 0.3) is 0 Å². The van der Waals surface area contributed by atoms with Gasteiger partial charge < -0.3 is 5.32 Å². The molecule has 0 spiro atoms. The van der Waals surface area contributed by atoms with Crippen LogP contribution in [-0.4, -0.2) is 4.98 Å². The van der Waals surface area contributed by atoms with Gasteiger partial charge in [0, 0.05) is 9.75 Å². The number of hydrogen-bond acceptors (Lipinski definition) is 3. The fourth-order valence-electron chi connectivity index (χ4n) is 1.80. The highest BCUT2D eigenvalue weighted by Crippen LogP contribution is 2.27. The minimum Gasteiger partial charge on any atom is -0.376 e. The minimum atomic E-state index is 0.289. The molecule has 2 aromatic rings. The van der Waals surface area contributed by atoms with Gasteiger partial charge in [-0.2, -0.15) is 0 Å². The maximum Gasteiger partial charge on any atom is 0.129 e. The van der Waals surface area contributed by atoms with E-state index in [4.69, 9.17) is 11.6 Å². The van der Waals surface area contributed by atoms with E-state index >= 15 is 0 Å². The molecule has 4 heteroatoms. The molecule has 2 heterocycles. The number of aryl methyl sites for hydroxylation is 2. The fourth-order valence-corrected chi connectivity index (χ4v) is 2.95. The van der Waals surface area contributed by atoms with Crippen LogP contribution >= 0.6 is 22.9 Å². The molecule has 2 aromatic heterocycles. The number of halogens is 1. The molecule has 0 aliphatic carbocycles. The van der Waals surface area contributed by atoms with Crippen LogP contribution in [0.5, 0.6) is 0 Å². The van der Waals surface area contributed by atoms with Crippen molar-refractivity contribution < 1.29 is 0 Å². The van der Waals surface area contributed by atoms with Crippen molar-refractivity contribution in [2.24, 2.45) is 0 Å². The Hall–Kier alpha value is -1.06. The van der Waals surface area contributed by atoms with E-state index in [0.717, 1.165) is 17.8 Å². The Balaban J connectivity index is 2.13. The van der Waals surface area contributed by atoms with Crippen molar-refractivity contribution in [3.8, 4) is 0 Å². The summed E-state index contributed by atoms with van der Waals surface area (Å²) in [5.74, 6) is 0. The van der Waals surface area contributed by atoms with Crippen molar-refractivity contribution in [1.82, 2.24) is 4.98 Å². The minimum absolute atomic E-state index is 0.289. The summed E-state index contributed by atoms with van der Waals surface area (Å²) in [5.41, 5.74) is 1.97. The first-order valence-corrected chi connectivity index (χ1v) is 7.28. The van der Waals surface area contributed by atoms with Crippen LogP contribution in [0.3, 0.4) is 0 Å². The first-order valence-electron chi connectivity index (χ1n) is 6.08. The summed E-state index contributed by atoms with van der Waals surface area (Å²) < 4.78 is 0. The lowest BCUT2D eigenvalue weighted by Crippen LogP contribution is -2.06.